The monoisotopic (exact) mass is 374 g/mol. The number of pyridine rings is 2. The van der Waals surface area contributed by atoms with Crippen LogP contribution in [0.25, 0.3) is 11.4 Å². The molecule has 0 aliphatic carbocycles. The zero-order chi connectivity index (χ0) is 16.2. The molecule has 0 aliphatic rings. The van der Waals surface area contributed by atoms with Crippen LogP contribution >= 0.6 is 0 Å². The molecule has 0 fully saturated rings. The maximum Gasteiger partial charge on any atom is 0.106 e. The number of carbonyl (C=O) groups excluding carboxylic acids is 4. The molecule has 2 aromatic rings. The molecule has 2 heterocycles. The normalized spacial score (nSPS) is 6.29. The Morgan fingerprint density at radius 1 is 0.571 bits per heavy atom. The standard InChI is InChI=1S/C10H8N2.4CH2O.Mo/c1-3-7-11-9(5-1)10-6-2-4-8-12-10;4*1-2;/h1-8H;4*1H2;. The fourth-order valence-electron chi connectivity index (χ4n) is 1.03. The smallest absolute Gasteiger partial charge is 0.106 e. The van der Waals surface area contributed by atoms with E-state index < -0.39 is 0 Å². The first-order chi connectivity index (χ1) is 9.97. The van der Waals surface area contributed by atoms with Crippen molar-refractivity contribution in [1.29, 1.82) is 0 Å². The van der Waals surface area contributed by atoms with Gasteiger partial charge in [0.25, 0.3) is 0 Å². The predicted molar refractivity (Wildman–Crippen MR) is 76.0 cm³/mol. The number of aromatic nitrogens is 2. The van der Waals surface area contributed by atoms with Crippen molar-refractivity contribution in [1.82, 2.24) is 9.97 Å². The summed E-state index contributed by atoms with van der Waals surface area (Å²) in [6.45, 7) is 8.00. The Balaban J connectivity index is -0.000000141. The van der Waals surface area contributed by atoms with Crippen LogP contribution in [-0.2, 0) is 40.2 Å². The summed E-state index contributed by atoms with van der Waals surface area (Å²) in [5, 5.41) is 0. The average molecular weight is 372 g/mol. The SMILES string of the molecule is C=O.C=O.C=O.C=O.[Mo].c1ccc(-c2ccccn2)nc1. The molecule has 0 saturated heterocycles. The van der Waals surface area contributed by atoms with Crippen molar-refractivity contribution < 1.29 is 40.2 Å². The van der Waals surface area contributed by atoms with Gasteiger partial charge in [-0.1, -0.05) is 12.1 Å². The molecule has 21 heavy (non-hydrogen) atoms. The average Bonchev–Trinajstić information content (AvgIpc) is 2.63. The van der Waals surface area contributed by atoms with E-state index in [1.54, 1.807) is 12.4 Å². The molecule has 2 aromatic heterocycles. The quantitative estimate of drug-likeness (QED) is 0.703. The molecule has 0 radical (unpaired) electrons. The number of hydrogen-bond donors (Lipinski definition) is 0. The van der Waals surface area contributed by atoms with Crippen LogP contribution in [0.2, 0.25) is 0 Å². The summed E-state index contributed by atoms with van der Waals surface area (Å²) in [5.41, 5.74) is 1.83. The van der Waals surface area contributed by atoms with Crippen molar-refractivity contribution in [3.63, 3.8) is 0 Å². The second-order valence-electron chi connectivity index (χ2n) is 2.43. The first-order valence-corrected chi connectivity index (χ1v) is 4.95. The Morgan fingerprint density at radius 2 is 0.857 bits per heavy atom. The van der Waals surface area contributed by atoms with Gasteiger partial charge >= 0.3 is 0 Å². The summed E-state index contributed by atoms with van der Waals surface area (Å²) >= 11 is 0. The largest absolute Gasteiger partial charge is 0.307 e. The van der Waals surface area contributed by atoms with Gasteiger partial charge in [0.2, 0.25) is 0 Å². The maximum absolute atomic E-state index is 8.00. The van der Waals surface area contributed by atoms with Crippen molar-refractivity contribution >= 4 is 27.2 Å². The number of carbonyl (C=O) groups is 4. The van der Waals surface area contributed by atoms with E-state index in [1.807, 2.05) is 63.6 Å². The van der Waals surface area contributed by atoms with E-state index in [-0.39, 0.29) is 21.1 Å². The van der Waals surface area contributed by atoms with Gasteiger partial charge in [-0.2, -0.15) is 0 Å². The van der Waals surface area contributed by atoms with Crippen LogP contribution in [0.1, 0.15) is 0 Å². The van der Waals surface area contributed by atoms with Crippen LogP contribution in [0.3, 0.4) is 0 Å². The van der Waals surface area contributed by atoms with E-state index >= 15 is 0 Å². The summed E-state index contributed by atoms with van der Waals surface area (Å²) in [6.07, 6.45) is 3.54. The van der Waals surface area contributed by atoms with Crippen molar-refractivity contribution in [2.75, 3.05) is 0 Å². The molecule has 6 nitrogen and oxygen atoms in total. The van der Waals surface area contributed by atoms with Crippen molar-refractivity contribution in [2.24, 2.45) is 0 Å². The second-order valence-corrected chi connectivity index (χ2v) is 2.43. The zero-order valence-corrected chi connectivity index (χ0v) is 13.4. The Labute approximate surface area is 137 Å². The molecule has 7 heteroatoms. The molecular formula is C14H16MoN2O4. The molecule has 0 spiro atoms. The van der Waals surface area contributed by atoms with Gasteiger partial charge in [-0.15, -0.1) is 0 Å². The second kappa shape index (κ2) is 26.3. The van der Waals surface area contributed by atoms with Crippen molar-refractivity contribution in [3.8, 4) is 11.4 Å². The van der Waals surface area contributed by atoms with Crippen LogP contribution in [-0.4, -0.2) is 37.1 Å². The molecule has 0 N–H and O–H groups in total. The fraction of sp³-hybridized carbons (Fsp3) is 0. The summed E-state index contributed by atoms with van der Waals surface area (Å²) in [7, 11) is 0. The molecule has 0 amide bonds. The van der Waals surface area contributed by atoms with Crippen LogP contribution in [0, 0.1) is 0 Å². The Bertz CT molecular complexity index is 372. The van der Waals surface area contributed by atoms with E-state index in [1.165, 1.54) is 0 Å². The first-order valence-electron chi connectivity index (χ1n) is 4.95. The van der Waals surface area contributed by atoms with E-state index in [9.17, 15) is 0 Å². The Hall–Kier alpha value is -2.33. The topological polar surface area (TPSA) is 94.1 Å². The van der Waals surface area contributed by atoms with Gasteiger partial charge in [-0.25, -0.2) is 0 Å². The van der Waals surface area contributed by atoms with E-state index in [0.29, 0.717) is 0 Å². The fourth-order valence-corrected chi connectivity index (χ4v) is 1.03. The van der Waals surface area contributed by atoms with Gasteiger partial charge in [0, 0.05) is 33.5 Å². The van der Waals surface area contributed by atoms with E-state index in [2.05, 4.69) is 9.97 Å². The summed E-state index contributed by atoms with van der Waals surface area (Å²) in [4.78, 5) is 40.4. The summed E-state index contributed by atoms with van der Waals surface area (Å²) < 4.78 is 0. The molecular weight excluding hydrogens is 356 g/mol. The molecule has 0 bridgehead atoms. The number of rotatable bonds is 1. The van der Waals surface area contributed by atoms with Gasteiger partial charge < -0.3 is 19.2 Å². The van der Waals surface area contributed by atoms with Crippen LogP contribution in [0.15, 0.2) is 48.8 Å². The molecule has 112 valence electrons. The molecule has 0 unspecified atom stereocenters. The Kier molecular flexibility index (Phi) is 33.9. The predicted octanol–water partition coefficient (Wildman–Crippen LogP) is 1.40. The van der Waals surface area contributed by atoms with Crippen LogP contribution in [0.5, 0.6) is 0 Å². The molecule has 0 aromatic carbocycles. The zero-order valence-electron chi connectivity index (χ0n) is 11.4. The Morgan fingerprint density at radius 3 is 1.05 bits per heavy atom. The minimum atomic E-state index is 0. The van der Waals surface area contributed by atoms with Gasteiger partial charge in [-0.05, 0) is 24.3 Å². The number of nitrogens with zero attached hydrogens (tertiary/aromatic N) is 2. The molecule has 0 saturated carbocycles. The van der Waals surface area contributed by atoms with E-state index in [4.69, 9.17) is 19.2 Å². The maximum atomic E-state index is 8.00. The van der Waals surface area contributed by atoms with Crippen LogP contribution in [0.4, 0.5) is 0 Å². The summed E-state index contributed by atoms with van der Waals surface area (Å²) in [5.74, 6) is 0. The summed E-state index contributed by atoms with van der Waals surface area (Å²) in [6, 6.07) is 11.6. The van der Waals surface area contributed by atoms with Crippen molar-refractivity contribution in [3.05, 3.63) is 48.8 Å². The minimum Gasteiger partial charge on any atom is -0.307 e. The van der Waals surface area contributed by atoms with Crippen molar-refractivity contribution in [2.45, 2.75) is 0 Å². The number of hydrogen-bond acceptors (Lipinski definition) is 6. The van der Waals surface area contributed by atoms with E-state index in [0.717, 1.165) is 11.4 Å². The first kappa shape index (κ1) is 27.1. The third-order valence-electron chi connectivity index (χ3n) is 1.59. The molecule has 2 rings (SSSR count). The van der Waals surface area contributed by atoms with Gasteiger partial charge in [0.05, 0.1) is 11.4 Å². The molecule has 0 aliphatic heterocycles. The third-order valence-corrected chi connectivity index (χ3v) is 1.59. The molecule has 0 atom stereocenters. The van der Waals surface area contributed by atoms with Gasteiger partial charge in [0.15, 0.2) is 0 Å². The third kappa shape index (κ3) is 13.9. The van der Waals surface area contributed by atoms with Gasteiger partial charge in [-0.3, -0.25) is 9.97 Å². The van der Waals surface area contributed by atoms with Crippen LogP contribution < -0.4 is 0 Å². The van der Waals surface area contributed by atoms with Gasteiger partial charge in [0.1, 0.15) is 27.2 Å². The minimum absolute atomic E-state index is 0.